The molecular formula is C14H20O3S. The normalized spacial score (nSPS) is 18.3. The number of methoxy groups -OCH3 is 1. The van der Waals surface area contributed by atoms with Gasteiger partial charge in [-0.2, -0.15) is 11.8 Å². The minimum absolute atomic E-state index is 0.354. The molecule has 1 saturated heterocycles. The third-order valence-corrected chi connectivity index (χ3v) is 4.34. The highest BCUT2D eigenvalue weighted by atomic mass is 32.2. The summed E-state index contributed by atoms with van der Waals surface area (Å²) in [5.74, 6) is 4.30. The average molecular weight is 268 g/mol. The summed E-state index contributed by atoms with van der Waals surface area (Å²) in [5.41, 5.74) is 0. The minimum atomic E-state index is -0.354. The van der Waals surface area contributed by atoms with Crippen LogP contribution in [-0.2, 0) is 0 Å². The molecule has 0 bridgehead atoms. The lowest BCUT2D eigenvalue weighted by Gasteiger charge is -2.26. The van der Waals surface area contributed by atoms with Gasteiger partial charge in [0, 0.05) is 0 Å². The van der Waals surface area contributed by atoms with E-state index in [0.717, 1.165) is 35.8 Å². The van der Waals surface area contributed by atoms with Gasteiger partial charge in [0.05, 0.1) is 13.2 Å². The Labute approximate surface area is 112 Å². The molecular weight excluding hydrogens is 248 g/mol. The minimum Gasteiger partial charge on any atom is -0.497 e. The first-order valence-corrected chi connectivity index (χ1v) is 7.47. The maximum Gasteiger partial charge on any atom is 0.119 e. The topological polar surface area (TPSA) is 38.7 Å². The first-order valence-electron chi connectivity index (χ1n) is 6.32. The summed E-state index contributed by atoms with van der Waals surface area (Å²) in [6.07, 6.45) is 1.84. The molecule has 0 spiro atoms. The van der Waals surface area contributed by atoms with Crippen molar-refractivity contribution < 1.29 is 14.6 Å². The van der Waals surface area contributed by atoms with Crippen LogP contribution in [0.25, 0.3) is 0 Å². The van der Waals surface area contributed by atoms with Gasteiger partial charge in [-0.3, -0.25) is 0 Å². The van der Waals surface area contributed by atoms with Crippen LogP contribution in [0.1, 0.15) is 12.8 Å². The lowest BCUT2D eigenvalue weighted by molar-refractivity contribution is 0.0534. The van der Waals surface area contributed by atoms with Crippen LogP contribution in [0.2, 0.25) is 0 Å². The summed E-state index contributed by atoms with van der Waals surface area (Å²) in [6, 6.07) is 7.45. The number of aliphatic hydroxyl groups excluding tert-OH is 1. The Kier molecular flexibility index (Phi) is 5.20. The lowest BCUT2D eigenvalue weighted by Crippen LogP contribution is -2.30. The van der Waals surface area contributed by atoms with E-state index in [9.17, 15) is 5.11 Å². The summed E-state index contributed by atoms with van der Waals surface area (Å²) in [4.78, 5) is 0. The molecule has 1 fully saturated rings. The van der Waals surface area contributed by atoms with Crippen LogP contribution in [-0.4, -0.2) is 36.4 Å². The number of thioether (sulfide) groups is 1. The number of hydrogen-bond donors (Lipinski definition) is 1. The van der Waals surface area contributed by atoms with Crippen molar-refractivity contribution in [1.82, 2.24) is 0 Å². The molecule has 1 heterocycles. The molecule has 1 unspecified atom stereocenters. The second kappa shape index (κ2) is 6.90. The average Bonchev–Trinajstić information content (AvgIpc) is 2.46. The van der Waals surface area contributed by atoms with Crippen molar-refractivity contribution in [1.29, 1.82) is 0 Å². The van der Waals surface area contributed by atoms with E-state index in [4.69, 9.17) is 9.47 Å². The molecule has 1 N–H and O–H groups in total. The predicted octanol–water partition coefficient (Wildman–Crippen LogP) is 2.58. The van der Waals surface area contributed by atoms with Crippen molar-refractivity contribution >= 4 is 11.8 Å². The van der Waals surface area contributed by atoms with Crippen LogP contribution >= 0.6 is 11.8 Å². The molecule has 0 aliphatic carbocycles. The molecule has 1 aromatic rings. The van der Waals surface area contributed by atoms with Crippen molar-refractivity contribution in [2.45, 2.75) is 18.9 Å². The highest BCUT2D eigenvalue weighted by Crippen LogP contribution is 2.26. The van der Waals surface area contributed by atoms with Crippen LogP contribution in [0, 0.1) is 5.92 Å². The fourth-order valence-electron chi connectivity index (χ4n) is 2.09. The van der Waals surface area contributed by atoms with E-state index in [1.807, 2.05) is 36.0 Å². The van der Waals surface area contributed by atoms with Crippen molar-refractivity contribution in [3.63, 3.8) is 0 Å². The van der Waals surface area contributed by atoms with Crippen molar-refractivity contribution in [2.24, 2.45) is 5.92 Å². The molecule has 4 heteroatoms. The Hall–Kier alpha value is -0.870. The van der Waals surface area contributed by atoms with Gasteiger partial charge in [-0.25, -0.2) is 0 Å². The van der Waals surface area contributed by atoms with Gasteiger partial charge < -0.3 is 14.6 Å². The number of ether oxygens (including phenoxy) is 2. The van der Waals surface area contributed by atoms with Gasteiger partial charge in [0.1, 0.15) is 18.1 Å². The van der Waals surface area contributed by atoms with Gasteiger partial charge in [0.25, 0.3) is 0 Å². The van der Waals surface area contributed by atoms with E-state index in [0.29, 0.717) is 12.5 Å². The van der Waals surface area contributed by atoms with E-state index in [-0.39, 0.29) is 6.10 Å². The SMILES string of the molecule is COc1ccc(OCC(O)C2CCSCC2)cc1. The smallest absolute Gasteiger partial charge is 0.119 e. The van der Waals surface area contributed by atoms with E-state index < -0.39 is 0 Å². The molecule has 0 aromatic heterocycles. The van der Waals surface area contributed by atoms with Gasteiger partial charge in [0.2, 0.25) is 0 Å². The molecule has 1 aliphatic rings. The van der Waals surface area contributed by atoms with Crippen LogP contribution in [0.4, 0.5) is 0 Å². The summed E-state index contributed by atoms with van der Waals surface area (Å²) >= 11 is 1.97. The Bertz CT molecular complexity index is 347. The molecule has 1 aromatic carbocycles. The van der Waals surface area contributed by atoms with E-state index in [1.165, 1.54) is 0 Å². The van der Waals surface area contributed by atoms with E-state index >= 15 is 0 Å². The van der Waals surface area contributed by atoms with E-state index in [1.54, 1.807) is 7.11 Å². The monoisotopic (exact) mass is 268 g/mol. The maximum atomic E-state index is 10.1. The van der Waals surface area contributed by atoms with Crippen LogP contribution in [0.3, 0.4) is 0 Å². The Balaban J connectivity index is 1.78. The molecule has 0 saturated carbocycles. The highest BCUT2D eigenvalue weighted by Gasteiger charge is 2.22. The van der Waals surface area contributed by atoms with Crippen LogP contribution in [0.5, 0.6) is 11.5 Å². The first kappa shape index (κ1) is 13.6. The maximum absolute atomic E-state index is 10.1. The zero-order valence-corrected chi connectivity index (χ0v) is 11.5. The van der Waals surface area contributed by atoms with Gasteiger partial charge in [0.15, 0.2) is 0 Å². The highest BCUT2D eigenvalue weighted by molar-refractivity contribution is 7.99. The van der Waals surface area contributed by atoms with Crippen molar-refractivity contribution in [2.75, 3.05) is 25.2 Å². The number of rotatable bonds is 5. The Morgan fingerprint density at radius 3 is 2.44 bits per heavy atom. The standard InChI is InChI=1S/C14H20O3S/c1-16-12-2-4-13(5-3-12)17-10-14(15)11-6-8-18-9-7-11/h2-5,11,14-15H,6-10H2,1H3. The van der Waals surface area contributed by atoms with Crippen molar-refractivity contribution in [3.8, 4) is 11.5 Å². The third-order valence-electron chi connectivity index (χ3n) is 3.29. The van der Waals surface area contributed by atoms with Gasteiger partial charge >= 0.3 is 0 Å². The molecule has 3 nitrogen and oxygen atoms in total. The molecule has 0 amide bonds. The van der Waals surface area contributed by atoms with Gasteiger partial charge in [-0.05, 0) is 54.5 Å². The predicted molar refractivity (Wildman–Crippen MR) is 74.5 cm³/mol. The zero-order valence-electron chi connectivity index (χ0n) is 10.7. The Morgan fingerprint density at radius 2 is 1.83 bits per heavy atom. The summed E-state index contributed by atoms with van der Waals surface area (Å²) in [6.45, 7) is 0.377. The fourth-order valence-corrected chi connectivity index (χ4v) is 3.23. The second-order valence-electron chi connectivity index (χ2n) is 4.50. The quantitative estimate of drug-likeness (QED) is 0.891. The largest absolute Gasteiger partial charge is 0.497 e. The molecule has 2 rings (SSSR count). The summed E-state index contributed by atoms with van der Waals surface area (Å²) < 4.78 is 10.7. The van der Waals surface area contributed by atoms with Gasteiger partial charge in [-0.1, -0.05) is 0 Å². The fraction of sp³-hybridized carbons (Fsp3) is 0.571. The molecule has 1 aliphatic heterocycles. The third kappa shape index (κ3) is 3.82. The molecule has 0 radical (unpaired) electrons. The second-order valence-corrected chi connectivity index (χ2v) is 5.73. The number of aliphatic hydroxyl groups is 1. The summed E-state index contributed by atoms with van der Waals surface area (Å²) in [5, 5.41) is 10.1. The van der Waals surface area contributed by atoms with Crippen molar-refractivity contribution in [3.05, 3.63) is 24.3 Å². The van der Waals surface area contributed by atoms with Crippen LogP contribution < -0.4 is 9.47 Å². The number of benzene rings is 1. The van der Waals surface area contributed by atoms with E-state index in [2.05, 4.69) is 0 Å². The molecule has 1 atom stereocenters. The number of hydrogen-bond acceptors (Lipinski definition) is 4. The van der Waals surface area contributed by atoms with Crippen LogP contribution in [0.15, 0.2) is 24.3 Å². The Morgan fingerprint density at radius 1 is 1.22 bits per heavy atom. The van der Waals surface area contributed by atoms with Gasteiger partial charge in [-0.15, -0.1) is 0 Å². The summed E-state index contributed by atoms with van der Waals surface area (Å²) in [7, 11) is 1.64. The molecule has 100 valence electrons. The molecule has 18 heavy (non-hydrogen) atoms. The first-order chi connectivity index (χ1) is 8.79. The lowest BCUT2D eigenvalue weighted by atomic mass is 9.96. The zero-order chi connectivity index (χ0) is 12.8.